The SMILES string of the molecule is C=CCOC1C2=C3C(=CC1C)CNCCC31CCC(OC)CC1O2. The molecule has 0 radical (unpaired) electrons. The van der Waals surface area contributed by atoms with Gasteiger partial charge >= 0.3 is 0 Å². The predicted octanol–water partition coefficient (Wildman–Crippen LogP) is 2.97. The fourth-order valence-electron chi connectivity index (χ4n) is 5.19. The van der Waals surface area contributed by atoms with Gasteiger partial charge in [-0.2, -0.15) is 0 Å². The second-order valence-corrected chi connectivity index (χ2v) is 7.65. The summed E-state index contributed by atoms with van der Waals surface area (Å²) in [5, 5.41) is 3.62. The van der Waals surface area contributed by atoms with Gasteiger partial charge in [0, 0.05) is 37.0 Å². The summed E-state index contributed by atoms with van der Waals surface area (Å²) in [6, 6.07) is 0. The van der Waals surface area contributed by atoms with E-state index in [4.69, 9.17) is 14.2 Å². The number of rotatable bonds is 4. The van der Waals surface area contributed by atoms with Crippen molar-refractivity contribution in [3.63, 3.8) is 0 Å². The van der Waals surface area contributed by atoms with E-state index in [1.807, 2.05) is 13.2 Å². The van der Waals surface area contributed by atoms with Crippen LogP contribution in [-0.4, -0.2) is 45.1 Å². The molecule has 1 spiro atoms. The van der Waals surface area contributed by atoms with Crippen molar-refractivity contribution in [2.24, 2.45) is 11.3 Å². The molecule has 4 rings (SSSR count). The average molecular weight is 331 g/mol. The highest BCUT2D eigenvalue weighted by Gasteiger charge is 2.57. The summed E-state index contributed by atoms with van der Waals surface area (Å²) in [5.74, 6) is 1.43. The highest BCUT2D eigenvalue weighted by Crippen LogP contribution is 2.58. The quantitative estimate of drug-likeness (QED) is 0.804. The minimum absolute atomic E-state index is 0.0170. The van der Waals surface area contributed by atoms with Gasteiger partial charge in [-0.25, -0.2) is 0 Å². The van der Waals surface area contributed by atoms with Crippen LogP contribution in [-0.2, 0) is 14.2 Å². The molecule has 5 atom stereocenters. The van der Waals surface area contributed by atoms with Crippen molar-refractivity contribution in [1.82, 2.24) is 5.32 Å². The minimum atomic E-state index is 0.0170. The average Bonchev–Trinajstić information content (AvgIpc) is 2.81. The van der Waals surface area contributed by atoms with Gasteiger partial charge in [0.15, 0.2) is 0 Å². The first kappa shape index (κ1) is 16.4. The lowest BCUT2D eigenvalue weighted by molar-refractivity contribution is -0.0625. The van der Waals surface area contributed by atoms with Gasteiger partial charge in [-0.1, -0.05) is 19.1 Å². The van der Waals surface area contributed by atoms with Crippen molar-refractivity contribution >= 4 is 0 Å². The van der Waals surface area contributed by atoms with Crippen LogP contribution in [0.25, 0.3) is 0 Å². The molecular weight excluding hydrogens is 302 g/mol. The standard InChI is InChI=1S/C20H29NO3/c1-4-9-23-18-13(2)10-14-12-21-8-7-20-6-5-15(22-3)11-16(20)24-19(18)17(14)20/h4,10,13,15-16,18,21H,1,5-9,11-12H2,2-3H3. The van der Waals surface area contributed by atoms with Crippen molar-refractivity contribution in [1.29, 1.82) is 0 Å². The molecule has 0 aromatic carbocycles. The van der Waals surface area contributed by atoms with Crippen LogP contribution < -0.4 is 5.32 Å². The van der Waals surface area contributed by atoms with Gasteiger partial charge in [0.1, 0.15) is 18.0 Å². The van der Waals surface area contributed by atoms with E-state index in [1.165, 1.54) is 11.1 Å². The van der Waals surface area contributed by atoms with E-state index < -0.39 is 0 Å². The highest BCUT2D eigenvalue weighted by molar-refractivity contribution is 5.49. The Balaban J connectivity index is 1.74. The molecule has 2 fully saturated rings. The summed E-state index contributed by atoms with van der Waals surface area (Å²) in [7, 11) is 1.82. The van der Waals surface area contributed by atoms with E-state index in [0.717, 1.165) is 44.5 Å². The lowest BCUT2D eigenvalue weighted by atomic mass is 9.63. The normalized spacial score (nSPS) is 41.0. The molecule has 0 bridgehead atoms. The van der Waals surface area contributed by atoms with E-state index in [1.54, 1.807) is 0 Å². The summed E-state index contributed by atoms with van der Waals surface area (Å²) in [5.41, 5.74) is 3.04. The maximum Gasteiger partial charge on any atom is 0.130 e. The molecule has 2 heterocycles. The molecular formula is C20H29NO3. The lowest BCUT2D eigenvalue weighted by Gasteiger charge is -2.42. The maximum atomic E-state index is 6.61. The second kappa shape index (κ2) is 6.32. The third-order valence-electron chi connectivity index (χ3n) is 6.33. The van der Waals surface area contributed by atoms with Crippen LogP contribution in [0.3, 0.4) is 0 Å². The fourth-order valence-corrected chi connectivity index (χ4v) is 5.19. The van der Waals surface area contributed by atoms with Crippen molar-refractivity contribution in [3.8, 4) is 0 Å². The Kier molecular flexibility index (Phi) is 4.31. The maximum absolute atomic E-state index is 6.61. The monoisotopic (exact) mass is 331 g/mol. The molecule has 4 aliphatic rings. The molecule has 1 saturated carbocycles. The number of methoxy groups -OCH3 is 1. The Hall–Kier alpha value is -1.10. The predicted molar refractivity (Wildman–Crippen MR) is 93.7 cm³/mol. The number of ether oxygens (including phenoxy) is 3. The molecule has 0 amide bonds. The fraction of sp³-hybridized carbons (Fsp3) is 0.700. The van der Waals surface area contributed by atoms with Crippen LogP contribution in [0.15, 0.2) is 35.6 Å². The highest BCUT2D eigenvalue weighted by atomic mass is 16.5. The molecule has 1 N–H and O–H groups in total. The molecule has 132 valence electrons. The third-order valence-corrected chi connectivity index (χ3v) is 6.33. The van der Waals surface area contributed by atoms with E-state index in [-0.39, 0.29) is 17.6 Å². The zero-order valence-corrected chi connectivity index (χ0v) is 14.8. The summed E-state index contributed by atoms with van der Waals surface area (Å²) >= 11 is 0. The van der Waals surface area contributed by atoms with Crippen LogP contribution in [0.2, 0.25) is 0 Å². The van der Waals surface area contributed by atoms with Crippen LogP contribution in [0, 0.1) is 11.3 Å². The molecule has 0 aromatic heterocycles. The zero-order chi connectivity index (χ0) is 16.7. The van der Waals surface area contributed by atoms with Crippen LogP contribution in [0.5, 0.6) is 0 Å². The zero-order valence-electron chi connectivity index (χ0n) is 14.8. The van der Waals surface area contributed by atoms with Gasteiger partial charge < -0.3 is 19.5 Å². The summed E-state index contributed by atoms with van der Waals surface area (Å²) < 4.78 is 18.4. The number of hydrogen-bond donors (Lipinski definition) is 1. The van der Waals surface area contributed by atoms with Crippen molar-refractivity contribution in [2.75, 3.05) is 26.8 Å². The molecule has 24 heavy (non-hydrogen) atoms. The summed E-state index contributed by atoms with van der Waals surface area (Å²) in [6.45, 7) is 8.59. The van der Waals surface area contributed by atoms with E-state index in [9.17, 15) is 0 Å². The van der Waals surface area contributed by atoms with Crippen LogP contribution in [0.1, 0.15) is 32.6 Å². The minimum Gasteiger partial charge on any atom is -0.491 e. The molecule has 1 saturated heterocycles. The van der Waals surface area contributed by atoms with Gasteiger partial charge in [0.05, 0.1) is 12.7 Å². The van der Waals surface area contributed by atoms with Gasteiger partial charge in [0.25, 0.3) is 0 Å². The topological polar surface area (TPSA) is 39.7 Å². The molecule has 0 aromatic rings. The first-order chi connectivity index (χ1) is 11.7. The Morgan fingerprint density at radius 3 is 3.12 bits per heavy atom. The smallest absolute Gasteiger partial charge is 0.130 e. The van der Waals surface area contributed by atoms with Gasteiger partial charge in [-0.15, -0.1) is 6.58 Å². The van der Waals surface area contributed by atoms with Gasteiger partial charge in [-0.05, 0) is 31.4 Å². The Morgan fingerprint density at radius 2 is 2.33 bits per heavy atom. The van der Waals surface area contributed by atoms with E-state index in [0.29, 0.717) is 18.6 Å². The van der Waals surface area contributed by atoms with Crippen molar-refractivity contribution < 1.29 is 14.2 Å². The molecule has 4 heteroatoms. The van der Waals surface area contributed by atoms with Gasteiger partial charge in [0.2, 0.25) is 0 Å². The molecule has 4 nitrogen and oxygen atoms in total. The largest absolute Gasteiger partial charge is 0.491 e. The summed E-state index contributed by atoms with van der Waals surface area (Å²) in [6.07, 6.45) is 9.19. The Morgan fingerprint density at radius 1 is 1.46 bits per heavy atom. The first-order valence-corrected chi connectivity index (χ1v) is 9.28. The molecule has 5 unspecified atom stereocenters. The molecule has 2 aliphatic carbocycles. The van der Waals surface area contributed by atoms with Gasteiger partial charge in [-0.3, -0.25) is 0 Å². The second-order valence-electron chi connectivity index (χ2n) is 7.65. The van der Waals surface area contributed by atoms with Crippen LogP contribution in [0.4, 0.5) is 0 Å². The molecule has 2 aliphatic heterocycles. The van der Waals surface area contributed by atoms with E-state index in [2.05, 4.69) is 24.9 Å². The Labute approximate surface area is 144 Å². The number of hydrogen-bond acceptors (Lipinski definition) is 4. The lowest BCUT2D eigenvalue weighted by Crippen LogP contribution is -2.42. The Bertz CT molecular complexity index is 581. The first-order valence-electron chi connectivity index (χ1n) is 9.28. The summed E-state index contributed by atoms with van der Waals surface area (Å²) in [4.78, 5) is 0. The van der Waals surface area contributed by atoms with Crippen molar-refractivity contribution in [2.45, 2.75) is 50.9 Å². The van der Waals surface area contributed by atoms with Crippen LogP contribution >= 0.6 is 0 Å². The van der Waals surface area contributed by atoms with E-state index >= 15 is 0 Å². The van der Waals surface area contributed by atoms with Crippen molar-refractivity contribution in [3.05, 3.63) is 35.6 Å². The number of nitrogens with one attached hydrogen (secondary N) is 1. The third kappa shape index (κ3) is 2.39.